The molecule has 0 bridgehead atoms. The molecule has 1 aromatic heterocycles. The van der Waals surface area contributed by atoms with Crippen LogP contribution in [0.4, 0.5) is 13.2 Å². The fourth-order valence-corrected chi connectivity index (χ4v) is 0.764. The van der Waals surface area contributed by atoms with Crippen LogP contribution in [0.2, 0.25) is 0 Å². The first-order chi connectivity index (χ1) is 5.55. The van der Waals surface area contributed by atoms with E-state index in [1.165, 1.54) is 18.3 Å². The first-order valence-corrected chi connectivity index (χ1v) is 3.48. The minimum atomic E-state index is -3.48. The summed E-state index contributed by atoms with van der Waals surface area (Å²) < 4.78 is 38.1. The summed E-state index contributed by atoms with van der Waals surface area (Å²) in [6.45, 7) is 0.814. The Morgan fingerprint density at radius 1 is 1.38 bits per heavy atom. The molecule has 0 N–H and O–H groups in total. The number of nitrogens with zero attached hydrogens (tertiary/aromatic N) is 1. The summed E-state index contributed by atoms with van der Waals surface area (Å²) >= 11 is 0. The molecule has 1 atom stereocenters. The van der Waals surface area contributed by atoms with Gasteiger partial charge in [-0.2, -0.15) is 8.78 Å². The van der Waals surface area contributed by atoms with Crippen LogP contribution in [0, 0.1) is 0 Å². The Hall–Kier alpha value is -0.770. The molecule has 13 heavy (non-hydrogen) atoms. The second-order valence-electron chi connectivity index (χ2n) is 2.45. The first kappa shape index (κ1) is 12.2. The van der Waals surface area contributed by atoms with E-state index in [0.29, 0.717) is 0 Å². The molecular formula is C8H9ClF3N. The highest BCUT2D eigenvalue weighted by molar-refractivity contribution is 5.85. The number of pyridine rings is 1. The monoisotopic (exact) mass is 211 g/mol. The molecule has 0 amide bonds. The molecule has 5 heteroatoms. The van der Waals surface area contributed by atoms with Crippen molar-refractivity contribution in [3.63, 3.8) is 0 Å². The van der Waals surface area contributed by atoms with E-state index in [1.54, 1.807) is 0 Å². The second kappa shape index (κ2) is 4.46. The predicted molar refractivity (Wildman–Crippen MR) is 45.9 cm³/mol. The maximum atomic E-state index is 12.8. The lowest BCUT2D eigenvalue weighted by Crippen LogP contribution is -2.25. The van der Waals surface area contributed by atoms with Gasteiger partial charge in [-0.05, 0) is 19.1 Å². The van der Waals surface area contributed by atoms with Gasteiger partial charge in [0.05, 0.1) is 0 Å². The van der Waals surface area contributed by atoms with E-state index < -0.39 is 17.8 Å². The lowest BCUT2D eigenvalue weighted by molar-refractivity contribution is -0.0748. The molecule has 0 fully saturated rings. The molecule has 1 unspecified atom stereocenters. The average molecular weight is 212 g/mol. The molecule has 1 rings (SSSR count). The van der Waals surface area contributed by atoms with Crippen molar-refractivity contribution in [3.05, 3.63) is 30.1 Å². The largest absolute Gasteiger partial charge is 0.319 e. The van der Waals surface area contributed by atoms with Crippen LogP contribution >= 0.6 is 12.4 Å². The van der Waals surface area contributed by atoms with E-state index >= 15 is 0 Å². The van der Waals surface area contributed by atoms with E-state index in [2.05, 4.69) is 4.98 Å². The van der Waals surface area contributed by atoms with Gasteiger partial charge < -0.3 is 0 Å². The smallest absolute Gasteiger partial charge is 0.255 e. The third kappa shape index (κ3) is 2.59. The number of halogens is 4. The molecule has 0 saturated carbocycles. The van der Waals surface area contributed by atoms with E-state index in [1.807, 2.05) is 0 Å². The van der Waals surface area contributed by atoms with Crippen molar-refractivity contribution >= 4 is 12.4 Å². The Kier molecular flexibility index (Phi) is 4.20. The zero-order valence-corrected chi connectivity index (χ0v) is 7.69. The Morgan fingerprint density at radius 2 is 2.00 bits per heavy atom. The summed E-state index contributed by atoms with van der Waals surface area (Å²) in [7, 11) is 0. The van der Waals surface area contributed by atoms with Gasteiger partial charge in [-0.25, -0.2) is 4.39 Å². The molecule has 1 heterocycles. The summed E-state index contributed by atoms with van der Waals surface area (Å²) in [5.41, 5.74) is -0.528. The van der Waals surface area contributed by atoms with E-state index in [4.69, 9.17) is 0 Å². The molecular weight excluding hydrogens is 203 g/mol. The number of aromatic nitrogens is 1. The highest BCUT2D eigenvalue weighted by Gasteiger charge is 2.40. The molecule has 0 spiro atoms. The zero-order valence-electron chi connectivity index (χ0n) is 6.88. The maximum Gasteiger partial charge on any atom is 0.319 e. The molecule has 0 radical (unpaired) electrons. The Bertz CT molecular complexity index is 251. The van der Waals surface area contributed by atoms with Gasteiger partial charge in [0.2, 0.25) is 0 Å². The minimum absolute atomic E-state index is 0. The first-order valence-electron chi connectivity index (χ1n) is 3.48. The van der Waals surface area contributed by atoms with Crippen LogP contribution in [0.15, 0.2) is 24.4 Å². The molecule has 1 aromatic rings. The van der Waals surface area contributed by atoms with Crippen molar-refractivity contribution in [1.29, 1.82) is 0 Å². The minimum Gasteiger partial charge on any atom is -0.255 e. The number of hydrogen-bond donors (Lipinski definition) is 0. The normalized spacial score (nSPS) is 13.2. The molecule has 0 saturated heterocycles. The van der Waals surface area contributed by atoms with Crippen molar-refractivity contribution < 1.29 is 13.2 Å². The Labute approximate surface area is 80.4 Å². The van der Waals surface area contributed by atoms with Gasteiger partial charge in [0.15, 0.2) is 6.17 Å². The van der Waals surface area contributed by atoms with Crippen molar-refractivity contribution in [2.75, 3.05) is 0 Å². The molecule has 0 aromatic carbocycles. The fourth-order valence-electron chi connectivity index (χ4n) is 0.764. The van der Waals surface area contributed by atoms with E-state index in [-0.39, 0.29) is 12.4 Å². The van der Waals surface area contributed by atoms with E-state index in [9.17, 15) is 13.2 Å². The Morgan fingerprint density at radius 3 is 2.38 bits per heavy atom. The van der Waals surface area contributed by atoms with Crippen molar-refractivity contribution in [3.8, 4) is 0 Å². The summed E-state index contributed by atoms with van der Waals surface area (Å²) in [5.74, 6) is -3.48. The van der Waals surface area contributed by atoms with E-state index in [0.717, 1.165) is 13.0 Å². The van der Waals surface area contributed by atoms with Gasteiger partial charge in [-0.1, -0.05) is 6.07 Å². The number of alkyl halides is 3. The second-order valence-corrected chi connectivity index (χ2v) is 2.45. The van der Waals surface area contributed by atoms with Crippen LogP contribution in [0.1, 0.15) is 12.6 Å². The molecule has 1 nitrogen and oxygen atoms in total. The highest BCUT2D eigenvalue weighted by Crippen LogP contribution is 2.31. The summed E-state index contributed by atoms with van der Waals surface area (Å²) in [6, 6.07) is 4.01. The molecule has 74 valence electrons. The van der Waals surface area contributed by atoms with Crippen LogP contribution in [0.3, 0.4) is 0 Å². The van der Waals surface area contributed by atoms with Gasteiger partial charge in [0, 0.05) is 6.20 Å². The number of rotatable bonds is 2. The molecule has 0 aliphatic rings. The van der Waals surface area contributed by atoms with Crippen LogP contribution < -0.4 is 0 Å². The highest BCUT2D eigenvalue weighted by atomic mass is 35.5. The average Bonchev–Trinajstić information content (AvgIpc) is 2.06. The Balaban J connectivity index is 0.00000144. The topological polar surface area (TPSA) is 12.9 Å². The zero-order chi connectivity index (χ0) is 9.19. The van der Waals surface area contributed by atoms with Crippen molar-refractivity contribution in [2.45, 2.75) is 19.0 Å². The summed E-state index contributed by atoms with van der Waals surface area (Å²) in [4.78, 5) is 3.38. The number of hydrogen-bond acceptors (Lipinski definition) is 1. The van der Waals surface area contributed by atoms with Gasteiger partial charge in [0.1, 0.15) is 5.69 Å². The summed E-state index contributed by atoms with van der Waals surface area (Å²) in [6.07, 6.45) is -1.00. The lowest BCUT2D eigenvalue weighted by atomic mass is 10.1. The molecule has 0 aliphatic carbocycles. The van der Waals surface area contributed by atoms with Crippen LogP contribution in [0.5, 0.6) is 0 Å². The van der Waals surface area contributed by atoms with Crippen LogP contribution in [-0.4, -0.2) is 11.2 Å². The maximum absolute atomic E-state index is 12.8. The standard InChI is InChI=1S/C8H8F3N.ClH/c1-6(9)8(10,11)7-4-2-3-5-12-7;/h2-6H,1H3;1H. The quantitative estimate of drug-likeness (QED) is 0.733. The molecule has 0 aliphatic heterocycles. The van der Waals surface area contributed by atoms with Gasteiger partial charge >= 0.3 is 5.92 Å². The van der Waals surface area contributed by atoms with Gasteiger partial charge in [-0.3, -0.25) is 4.98 Å². The third-order valence-corrected chi connectivity index (χ3v) is 1.51. The summed E-state index contributed by atoms with van der Waals surface area (Å²) in [5, 5.41) is 0. The SMILES string of the molecule is CC(F)C(F)(F)c1ccccn1.Cl. The van der Waals surface area contributed by atoms with Gasteiger partial charge in [0.25, 0.3) is 0 Å². The van der Waals surface area contributed by atoms with Gasteiger partial charge in [-0.15, -0.1) is 12.4 Å². The third-order valence-electron chi connectivity index (χ3n) is 1.51. The van der Waals surface area contributed by atoms with Crippen molar-refractivity contribution in [1.82, 2.24) is 4.98 Å². The van der Waals surface area contributed by atoms with Crippen LogP contribution in [0.25, 0.3) is 0 Å². The van der Waals surface area contributed by atoms with Crippen LogP contribution in [-0.2, 0) is 5.92 Å². The lowest BCUT2D eigenvalue weighted by Gasteiger charge is -2.16. The van der Waals surface area contributed by atoms with Crippen molar-refractivity contribution in [2.24, 2.45) is 0 Å². The fraction of sp³-hybridized carbons (Fsp3) is 0.375. The predicted octanol–water partition coefficient (Wildman–Crippen LogP) is 2.95.